The Morgan fingerprint density at radius 1 is 1.25 bits per heavy atom. The number of hydrogen-bond acceptors (Lipinski definition) is 2. The molecule has 1 saturated carbocycles. The van der Waals surface area contributed by atoms with Gasteiger partial charge in [0.25, 0.3) is 0 Å². The summed E-state index contributed by atoms with van der Waals surface area (Å²) in [5.74, 6) is 0.836. The molecular formula is C10H22N2. The molecule has 0 aliphatic heterocycles. The molecule has 0 radical (unpaired) electrons. The molecule has 1 rings (SSSR count). The quantitative estimate of drug-likeness (QED) is 0.630. The Kier molecular flexibility index (Phi) is 4.62. The van der Waals surface area contributed by atoms with Gasteiger partial charge in [-0.05, 0) is 25.8 Å². The lowest BCUT2D eigenvalue weighted by atomic mass is 9.92. The third-order valence-corrected chi connectivity index (χ3v) is 3.09. The largest absolute Gasteiger partial charge is 0.329 e. The van der Waals surface area contributed by atoms with Crippen LogP contribution >= 0.6 is 0 Å². The van der Waals surface area contributed by atoms with Crippen LogP contribution in [0.3, 0.4) is 0 Å². The van der Waals surface area contributed by atoms with Crippen LogP contribution in [0.15, 0.2) is 0 Å². The lowest BCUT2D eigenvalue weighted by Crippen LogP contribution is -2.39. The monoisotopic (exact) mass is 170 g/mol. The molecular weight excluding hydrogens is 148 g/mol. The van der Waals surface area contributed by atoms with Gasteiger partial charge in [0.2, 0.25) is 0 Å². The molecule has 3 N–H and O–H groups in total. The highest BCUT2D eigenvalue weighted by Crippen LogP contribution is 2.24. The van der Waals surface area contributed by atoms with E-state index in [-0.39, 0.29) is 0 Å². The Bertz CT molecular complexity index is 102. The molecule has 1 fully saturated rings. The number of nitrogens with two attached hydrogens (primary N) is 1. The summed E-state index contributed by atoms with van der Waals surface area (Å²) < 4.78 is 0. The van der Waals surface area contributed by atoms with Gasteiger partial charge in [-0.1, -0.05) is 25.7 Å². The molecule has 0 aromatic carbocycles. The first-order valence-corrected chi connectivity index (χ1v) is 5.26. The standard InChI is InChI=1S/C10H22N2/c1-12-10(8-11)9-6-4-2-3-5-7-9/h9-10,12H,2-8,11H2,1H3. The molecule has 0 heterocycles. The number of rotatable bonds is 3. The van der Waals surface area contributed by atoms with E-state index in [1.54, 1.807) is 0 Å². The van der Waals surface area contributed by atoms with Crippen molar-refractivity contribution in [1.29, 1.82) is 0 Å². The number of hydrogen-bond donors (Lipinski definition) is 2. The molecule has 1 aliphatic rings. The van der Waals surface area contributed by atoms with Crippen LogP contribution in [0.25, 0.3) is 0 Å². The Morgan fingerprint density at radius 3 is 2.25 bits per heavy atom. The van der Waals surface area contributed by atoms with E-state index in [0.717, 1.165) is 12.5 Å². The molecule has 0 aromatic rings. The topological polar surface area (TPSA) is 38.0 Å². The van der Waals surface area contributed by atoms with Gasteiger partial charge in [0, 0.05) is 12.6 Å². The van der Waals surface area contributed by atoms with E-state index >= 15 is 0 Å². The minimum Gasteiger partial charge on any atom is -0.329 e. The zero-order chi connectivity index (χ0) is 8.81. The van der Waals surface area contributed by atoms with E-state index in [1.807, 2.05) is 7.05 Å². The first kappa shape index (κ1) is 10.0. The highest BCUT2D eigenvalue weighted by Gasteiger charge is 2.19. The smallest absolute Gasteiger partial charge is 0.0215 e. The van der Waals surface area contributed by atoms with Crippen molar-refractivity contribution in [2.24, 2.45) is 11.7 Å². The number of nitrogens with one attached hydrogen (secondary N) is 1. The average molecular weight is 170 g/mol. The first-order chi connectivity index (χ1) is 5.88. The van der Waals surface area contributed by atoms with Crippen molar-refractivity contribution in [3.63, 3.8) is 0 Å². The molecule has 0 saturated heterocycles. The van der Waals surface area contributed by atoms with Gasteiger partial charge in [-0.2, -0.15) is 0 Å². The highest BCUT2D eigenvalue weighted by molar-refractivity contribution is 4.77. The summed E-state index contributed by atoms with van der Waals surface area (Å²) in [6, 6.07) is 0.558. The van der Waals surface area contributed by atoms with Gasteiger partial charge in [-0.15, -0.1) is 0 Å². The predicted molar refractivity (Wildman–Crippen MR) is 53.1 cm³/mol. The SMILES string of the molecule is CNC(CN)C1CCCCCC1. The second-order valence-electron chi connectivity index (χ2n) is 3.88. The van der Waals surface area contributed by atoms with Gasteiger partial charge in [0.05, 0.1) is 0 Å². The van der Waals surface area contributed by atoms with Crippen LogP contribution in [0, 0.1) is 5.92 Å². The summed E-state index contributed by atoms with van der Waals surface area (Å²) >= 11 is 0. The van der Waals surface area contributed by atoms with Gasteiger partial charge in [0.15, 0.2) is 0 Å². The minimum absolute atomic E-state index is 0.558. The minimum atomic E-state index is 0.558. The molecule has 72 valence electrons. The van der Waals surface area contributed by atoms with E-state index in [0.29, 0.717) is 6.04 Å². The molecule has 0 amide bonds. The van der Waals surface area contributed by atoms with Crippen LogP contribution in [0.2, 0.25) is 0 Å². The molecule has 1 atom stereocenters. The number of likely N-dealkylation sites (N-methyl/N-ethyl adjacent to an activating group) is 1. The van der Waals surface area contributed by atoms with Gasteiger partial charge >= 0.3 is 0 Å². The predicted octanol–water partition coefficient (Wildman–Crippen LogP) is 1.50. The third-order valence-electron chi connectivity index (χ3n) is 3.09. The van der Waals surface area contributed by atoms with Crippen molar-refractivity contribution in [3.8, 4) is 0 Å². The van der Waals surface area contributed by atoms with Crippen molar-refractivity contribution in [1.82, 2.24) is 5.32 Å². The lowest BCUT2D eigenvalue weighted by Gasteiger charge is -2.24. The Hall–Kier alpha value is -0.0800. The second kappa shape index (κ2) is 5.55. The highest BCUT2D eigenvalue weighted by atomic mass is 14.9. The second-order valence-corrected chi connectivity index (χ2v) is 3.88. The van der Waals surface area contributed by atoms with Crippen LogP contribution in [0.1, 0.15) is 38.5 Å². The summed E-state index contributed by atoms with van der Waals surface area (Å²) in [5.41, 5.74) is 5.70. The maximum atomic E-state index is 5.70. The maximum absolute atomic E-state index is 5.70. The normalized spacial score (nSPS) is 23.5. The Morgan fingerprint density at radius 2 is 1.83 bits per heavy atom. The van der Waals surface area contributed by atoms with Crippen molar-refractivity contribution in [2.45, 2.75) is 44.6 Å². The van der Waals surface area contributed by atoms with E-state index in [1.165, 1.54) is 38.5 Å². The van der Waals surface area contributed by atoms with Gasteiger partial charge < -0.3 is 11.1 Å². The average Bonchev–Trinajstić information content (AvgIpc) is 2.35. The molecule has 12 heavy (non-hydrogen) atoms. The molecule has 1 unspecified atom stereocenters. The lowest BCUT2D eigenvalue weighted by molar-refractivity contribution is 0.340. The zero-order valence-electron chi connectivity index (χ0n) is 8.18. The van der Waals surface area contributed by atoms with Crippen LogP contribution in [0.5, 0.6) is 0 Å². The fourth-order valence-electron chi connectivity index (χ4n) is 2.26. The fraction of sp³-hybridized carbons (Fsp3) is 1.00. The van der Waals surface area contributed by atoms with Crippen molar-refractivity contribution in [3.05, 3.63) is 0 Å². The van der Waals surface area contributed by atoms with Crippen LogP contribution in [-0.2, 0) is 0 Å². The summed E-state index contributed by atoms with van der Waals surface area (Å²) in [7, 11) is 2.03. The van der Waals surface area contributed by atoms with Crippen LogP contribution < -0.4 is 11.1 Å². The molecule has 0 bridgehead atoms. The summed E-state index contributed by atoms with van der Waals surface area (Å²) in [5, 5.41) is 3.32. The molecule has 0 spiro atoms. The van der Waals surface area contributed by atoms with Crippen molar-refractivity contribution in [2.75, 3.05) is 13.6 Å². The Balaban J connectivity index is 2.35. The Labute approximate surface area is 75.9 Å². The molecule has 1 aliphatic carbocycles. The van der Waals surface area contributed by atoms with E-state index < -0.39 is 0 Å². The van der Waals surface area contributed by atoms with E-state index in [9.17, 15) is 0 Å². The molecule has 2 heteroatoms. The van der Waals surface area contributed by atoms with E-state index in [2.05, 4.69) is 5.32 Å². The van der Waals surface area contributed by atoms with Crippen molar-refractivity contribution >= 4 is 0 Å². The molecule has 0 aromatic heterocycles. The summed E-state index contributed by atoms with van der Waals surface area (Å²) in [4.78, 5) is 0. The fourth-order valence-corrected chi connectivity index (χ4v) is 2.26. The van der Waals surface area contributed by atoms with Gasteiger partial charge in [0.1, 0.15) is 0 Å². The third kappa shape index (κ3) is 2.76. The van der Waals surface area contributed by atoms with Gasteiger partial charge in [-0.3, -0.25) is 0 Å². The first-order valence-electron chi connectivity index (χ1n) is 5.26. The van der Waals surface area contributed by atoms with Crippen LogP contribution in [-0.4, -0.2) is 19.6 Å². The van der Waals surface area contributed by atoms with Gasteiger partial charge in [-0.25, -0.2) is 0 Å². The summed E-state index contributed by atoms with van der Waals surface area (Å²) in [6.45, 7) is 0.793. The van der Waals surface area contributed by atoms with Crippen LogP contribution in [0.4, 0.5) is 0 Å². The zero-order valence-corrected chi connectivity index (χ0v) is 8.18. The summed E-state index contributed by atoms with van der Waals surface area (Å²) in [6.07, 6.45) is 8.42. The molecule has 2 nitrogen and oxygen atoms in total. The van der Waals surface area contributed by atoms with Crippen molar-refractivity contribution < 1.29 is 0 Å². The van der Waals surface area contributed by atoms with E-state index in [4.69, 9.17) is 5.73 Å². The maximum Gasteiger partial charge on any atom is 0.0215 e.